The molecule has 3 aromatic rings. The molecule has 0 bridgehead atoms. The second-order valence-corrected chi connectivity index (χ2v) is 4.80. The number of anilines is 1. The summed E-state index contributed by atoms with van der Waals surface area (Å²) < 4.78 is 5.28. The second-order valence-electron chi connectivity index (χ2n) is 3.77. The maximum absolute atomic E-state index is 12.4. The molecule has 3 rings (SSSR count). The second kappa shape index (κ2) is 4.66. The lowest BCUT2D eigenvalue weighted by atomic mass is 10.1. The van der Waals surface area contributed by atoms with E-state index in [1.807, 2.05) is 0 Å². The van der Waals surface area contributed by atoms with Gasteiger partial charge in [-0.1, -0.05) is 11.3 Å². The minimum atomic E-state index is -0.136. The van der Waals surface area contributed by atoms with E-state index in [4.69, 9.17) is 10.2 Å². The number of furan rings is 1. The van der Waals surface area contributed by atoms with Crippen LogP contribution in [0.4, 0.5) is 5.13 Å². The standard InChI is InChI=1S/C13H9N3O2S/c14-13-16-10(9-2-1-7-18-9)12(19-13)11(17)8-3-5-15-6-4-8/h1-7H,(H2,14,16). The lowest BCUT2D eigenvalue weighted by molar-refractivity contribution is 0.104. The minimum absolute atomic E-state index is 0.136. The van der Waals surface area contributed by atoms with Crippen LogP contribution in [-0.2, 0) is 0 Å². The summed E-state index contributed by atoms with van der Waals surface area (Å²) in [5.41, 5.74) is 6.73. The van der Waals surface area contributed by atoms with Crippen LogP contribution in [0.2, 0.25) is 0 Å². The number of rotatable bonds is 3. The van der Waals surface area contributed by atoms with Gasteiger partial charge in [-0.15, -0.1) is 0 Å². The number of carbonyl (C=O) groups is 1. The van der Waals surface area contributed by atoms with E-state index in [1.54, 1.807) is 36.7 Å². The van der Waals surface area contributed by atoms with Crippen molar-refractivity contribution in [3.8, 4) is 11.5 Å². The molecule has 0 aliphatic heterocycles. The molecule has 0 saturated heterocycles. The molecule has 0 aliphatic rings. The number of hydrogen-bond donors (Lipinski definition) is 1. The lowest BCUT2D eigenvalue weighted by Crippen LogP contribution is -2.00. The van der Waals surface area contributed by atoms with E-state index in [0.29, 0.717) is 27.0 Å². The van der Waals surface area contributed by atoms with Crippen LogP contribution in [0.15, 0.2) is 47.3 Å². The van der Waals surface area contributed by atoms with Crippen molar-refractivity contribution in [1.29, 1.82) is 0 Å². The van der Waals surface area contributed by atoms with E-state index < -0.39 is 0 Å². The van der Waals surface area contributed by atoms with Crippen molar-refractivity contribution >= 4 is 22.3 Å². The smallest absolute Gasteiger partial charge is 0.205 e. The summed E-state index contributed by atoms with van der Waals surface area (Å²) in [5, 5.41) is 0.337. The molecule has 5 nitrogen and oxygen atoms in total. The predicted octanol–water partition coefficient (Wildman–Crippen LogP) is 2.61. The van der Waals surface area contributed by atoms with Gasteiger partial charge < -0.3 is 10.2 Å². The van der Waals surface area contributed by atoms with Gasteiger partial charge in [-0.2, -0.15) is 0 Å². The first-order valence-electron chi connectivity index (χ1n) is 5.50. The first-order valence-corrected chi connectivity index (χ1v) is 6.32. The highest BCUT2D eigenvalue weighted by molar-refractivity contribution is 7.18. The van der Waals surface area contributed by atoms with Crippen molar-refractivity contribution in [2.24, 2.45) is 0 Å². The van der Waals surface area contributed by atoms with Crippen LogP contribution in [-0.4, -0.2) is 15.8 Å². The van der Waals surface area contributed by atoms with Crippen molar-refractivity contribution in [3.05, 3.63) is 53.4 Å². The van der Waals surface area contributed by atoms with Crippen LogP contribution < -0.4 is 5.73 Å². The third-order valence-electron chi connectivity index (χ3n) is 2.55. The van der Waals surface area contributed by atoms with Crippen molar-refractivity contribution in [2.45, 2.75) is 0 Å². The largest absolute Gasteiger partial charge is 0.463 e. The quantitative estimate of drug-likeness (QED) is 0.740. The molecular formula is C13H9N3O2S. The average Bonchev–Trinajstić information content (AvgIpc) is 3.07. The van der Waals surface area contributed by atoms with Crippen molar-refractivity contribution in [3.63, 3.8) is 0 Å². The number of pyridine rings is 1. The molecule has 2 N–H and O–H groups in total. The van der Waals surface area contributed by atoms with Crippen LogP contribution in [0.5, 0.6) is 0 Å². The molecule has 19 heavy (non-hydrogen) atoms. The topological polar surface area (TPSA) is 82.0 Å². The fraction of sp³-hybridized carbons (Fsp3) is 0. The third kappa shape index (κ3) is 2.13. The summed E-state index contributed by atoms with van der Waals surface area (Å²) in [5.74, 6) is 0.397. The molecule has 0 saturated carbocycles. The highest BCUT2D eigenvalue weighted by Gasteiger charge is 2.21. The minimum Gasteiger partial charge on any atom is -0.463 e. The maximum atomic E-state index is 12.4. The first kappa shape index (κ1) is 11.6. The van der Waals surface area contributed by atoms with Gasteiger partial charge in [0.05, 0.1) is 6.26 Å². The van der Waals surface area contributed by atoms with E-state index in [9.17, 15) is 4.79 Å². The van der Waals surface area contributed by atoms with Gasteiger partial charge in [0.2, 0.25) is 5.78 Å². The number of nitrogen functional groups attached to an aromatic ring is 1. The van der Waals surface area contributed by atoms with Crippen LogP contribution >= 0.6 is 11.3 Å². The molecule has 6 heteroatoms. The molecule has 0 amide bonds. The van der Waals surface area contributed by atoms with Crippen LogP contribution in [0.3, 0.4) is 0 Å². The highest BCUT2D eigenvalue weighted by atomic mass is 32.1. The number of nitrogens with two attached hydrogens (primary N) is 1. The number of carbonyl (C=O) groups excluding carboxylic acids is 1. The Morgan fingerprint density at radius 3 is 2.74 bits per heavy atom. The Bertz CT molecular complexity index is 705. The van der Waals surface area contributed by atoms with Gasteiger partial charge in [-0.3, -0.25) is 9.78 Å². The SMILES string of the molecule is Nc1nc(-c2ccco2)c(C(=O)c2ccncc2)s1. The molecule has 94 valence electrons. The monoisotopic (exact) mass is 271 g/mol. The Balaban J connectivity index is 2.09. The van der Waals surface area contributed by atoms with Crippen LogP contribution in [0.1, 0.15) is 15.2 Å². The molecule has 0 radical (unpaired) electrons. The van der Waals surface area contributed by atoms with E-state index in [2.05, 4.69) is 9.97 Å². The summed E-state index contributed by atoms with van der Waals surface area (Å²) in [6.07, 6.45) is 4.68. The van der Waals surface area contributed by atoms with Crippen molar-refractivity contribution in [1.82, 2.24) is 9.97 Å². The summed E-state index contributed by atoms with van der Waals surface area (Å²) in [6, 6.07) is 6.80. The fourth-order valence-electron chi connectivity index (χ4n) is 1.71. The molecule has 0 fully saturated rings. The molecule has 0 atom stereocenters. The van der Waals surface area contributed by atoms with Crippen LogP contribution in [0.25, 0.3) is 11.5 Å². The Morgan fingerprint density at radius 1 is 1.26 bits per heavy atom. The Morgan fingerprint density at radius 2 is 2.05 bits per heavy atom. The Hall–Kier alpha value is -2.47. The van der Waals surface area contributed by atoms with Gasteiger partial charge in [-0.25, -0.2) is 4.98 Å². The highest BCUT2D eigenvalue weighted by Crippen LogP contribution is 2.31. The summed E-state index contributed by atoms with van der Waals surface area (Å²) >= 11 is 1.15. The number of ketones is 1. The van der Waals surface area contributed by atoms with E-state index in [-0.39, 0.29) is 5.78 Å². The van der Waals surface area contributed by atoms with Crippen molar-refractivity contribution in [2.75, 3.05) is 5.73 Å². The number of thiazole rings is 1. The summed E-state index contributed by atoms with van der Waals surface area (Å²) in [7, 11) is 0. The van der Waals surface area contributed by atoms with E-state index in [1.165, 1.54) is 6.26 Å². The molecule has 0 aliphatic carbocycles. The molecule has 0 spiro atoms. The number of aromatic nitrogens is 2. The van der Waals surface area contributed by atoms with Gasteiger partial charge in [0.25, 0.3) is 0 Å². The molecule has 3 aromatic heterocycles. The predicted molar refractivity (Wildman–Crippen MR) is 71.9 cm³/mol. The Labute approximate surface area is 112 Å². The van der Waals surface area contributed by atoms with E-state index in [0.717, 1.165) is 11.3 Å². The van der Waals surface area contributed by atoms with Crippen LogP contribution in [0, 0.1) is 0 Å². The molecule has 0 aromatic carbocycles. The summed E-state index contributed by atoms with van der Waals surface area (Å²) in [6.45, 7) is 0. The third-order valence-corrected chi connectivity index (χ3v) is 3.43. The molecular weight excluding hydrogens is 262 g/mol. The fourth-order valence-corrected chi connectivity index (χ4v) is 2.50. The molecule has 0 unspecified atom stereocenters. The van der Waals surface area contributed by atoms with Gasteiger partial charge in [0, 0.05) is 18.0 Å². The number of nitrogens with zero attached hydrogens (tertiary/aromatic N) is 2. The van der Waals surface area contributed by atoms with Crippen molar-refractivity contribution < 1.29 is 9.21 Å². The number of hydrogen-bond acceptors (Lipinski definition) is 6. The maximum Gasteiger partial charge on any atom is 0.205 e. The Kier molecular flexibility index (Phi) is 2.85. The van der Waals surface area contributed by atoms with Gasteiger partial charge in [0.1, 0.15) is 10.6 Å². The van der Waals surface area contributed by atoms with E-state index >= 15 is 0 Å². The zero-order valence-electron chi connectivity index (χ0n) is 9.74. The van der Waals surface area contributed by atoms with Gasteiger partial charge >= 0.3 is 0 Å². The normalized spacial score (nSPS) is 10.5. The first-order chi connectivity index (χ1) is 9.25. The zero-order chi connectivity index (χ0) is 13.2. The zero-order valence-corrected chi connectivity index (χ0v) is 10.6. The summed E-state index contributed by atoms with van der Waals surface area (Å²) in [4.78, 5) is 20.9. The van der Waals surface area contributed by atoms with Gasteiger partial charge in [0.15, 0.2) is 10.9 Å². The van der Waals surface area contributed by atoms with Gasteiger partial charge in [-0.05, 0) is 24.3 Å². The average molecular weight is 271 g/mol. The molecule has 3 heterocycles. The lowest BCUT2D eigenvalue weighted by Gasteiger charge is -1.99.